The van der Waals surface area contributed by atoms with Crippen LogP contribution in [0.3, 0.4) is 0 Å². The van der Waals surface area contributed by atoms with E-state index in [0.717, 1.165) is 0 Å². The second-order valence-corrected chi connectivity index (χ2v) is 2.91. The molecule has 0 aliphatic rings. The number of carbonyl (C=O) groups excluding carboxylic acids is 1. The summed E-state index contributed by atoms with van der Waals surface area (Å²) in [4.78, 5) is 21.4. The first-order valence-corrected chi connectivity index (χ1v) is 3.76. The molecule has 0 unspecified atom stereocenters. The van der Waals surface area contributed by atoms with Crippen LogP contribution in [0.15, 0.2) is 21.5 Å². The molecular weight excluding hydrogens is 210 g/mol. The number of hydrogen-bond acceptors (Lipinski definition) is 2. The Labute approximate surface area is 71.8 Å². The van der Waals surface area contributed by atoms with Crippen LogP contribution in [0.4, 0.5) is 0 Å². The Morgan fingerprint density at radius 1 is 1.64 bits per heavy atom. The van der Waals surface area contributed by atoms with Crippen molar-refractivity contribution in [3.05, 3.63) is 32.7 Å². The molecule has 0 saturated carbocycles. The van der Waals surface area contributed by atoms with Gasteiger partial charge in [0.05, 0.1) is 4.47 Å². The van der Waals surface area contributed by atoms with E-state index in [1.165, 1.54) is 4.57 Å². The fourth-order valence-electron chi connectivity index (χ4n) is 0.702. The lowest BCUT2D eigenvalue weighted by atomic mass is 10.3. The molecule has 1 rings (SSSR count). The Morgan fingerprint density at radius 3 is 2.82 bits per heavy atom. The molecule has 1 heterocycles. The van der Waals surface area contributed by atoms with Gasteiger partial charge in [-0.15, -0.1) is 0 Å². The molecular formula is C7H6BrNO2. The molecule has 1 aromatic heterocycles. The van der Waals surface area contributed by atoms with Crippen LogP contribution in [-0.4, -0.2) is 10.9 Å². The number of carbonyl (C=O) groups is 1. The smallest absolute Gasteiger partial charge is 0.265 e. The van der Waals surface area contributed by atoms with E-state index in [1.54, 1.807) is 19.3 Å². The largest absolute Gasteiger partial charge is 0.318 e. The molecule has 0 aromatic carbocycles. The standard InChI is InChI=1S/C7H6BrNO2/c1-9-3-2-5(4-10)6(8)7(9)11/h2-4H,1H3. The lowest BCUT2D eigenvalue weighted by Gasteiger charge is -1.98. The minimum atomic E-state index is -0.199. The van der Waals surface area contributed by atoms with Crippen molar-refractivity contribution in [3.63, 3.8) is 0 Å². The molecule has 0 saturated heterocycles. The summed E-state index contributed by atoms with van der Waals surface area (Å²) in [7, 11) is 1.63. The molecule has 0 radical (unpaired) electrons. The minimum absolute atomic E-state index is 0.199. The summed E-state index contributed by atoms with van der Waals surface area (Å²) in [6, 6.07) is 1.58. The molecule has 0 aliphatic carbocycles. The first-order chi connectivity index (χ1) is 5.16. The SMILES string of the molecule is Cn1ccc(C=O)c(Br)c1=O. The Kier molecular flexibility index (Phi) is 2.24. The molecule has 0 N–H and O–H groups in total. The summed E-state index contributed by atoms with van der Waals surface area (Å²) in [5, 5.41) is 0. The second kappa shape index (κ2) is 3.00. The van der Waals surface area contributed by atoms with Gasteiger partial charge in [0, 0.05) is 18.8 Å². The topological polar surface area (TPSA) is 39.1 Å². The molecule has 0 spiro atoms. The highest BCUT2D eigenvalue weighted by atomic mass is 79.9. The predicted molar refractivity (Wildman–Crippen MR) is 44.8 cm³/mol. The van der Waals surface area contributed by atoms with E-state index < -0.39 is 0 Å². The minimum Gasteiger partial charge on any atom is -0.318 e. The monoisotopic (exact) mass is 215 g/mol. The summed E-state index contributed by atoms with van der Waals surface area (Å²) in [6.07, 6.45) is 2.20. The van der Waals surface area contributed by atoms with Crippen molar-refractivity contribution in [1.82, 2.24) is 4.57 Å². The molecule has 0 amide bonds. The van der Waals surface area contributed by atoms with E-state index in [2.05, 4.69) is 15.9 Å². The first kappa shape index (κ1) is 8.20. The van der Waals surface area contributed by atoms with Gasteiger partial charge in [0.25, 0.3) is 5.56 Å². The number of aldehydes is 1. The highest BCUT2D eigenvalue weighted by Crippen LogP contribution is 2.07. The van der Waals surface area contributed by atoms with E-state index in [9.17, 15) is 9.59 Å². The van der Waals surface area contributed by atoms with Crippen molar-refractivity contribution in [3.8, 4) is 0 Å². The van der Waals surface area contributed by atoms with Gasteiger partial charge in [-0.1, -0.05) is 0 Å². The lowest BCUT2D eigenvalue weighted by Crippen LogP contribution is -2.17. The van der Waals surface area contributed by atoms with Crippen LogP contribution in [0.25, 0.3) is 0 Å². The summed E-state index contributed by atoms with van der Waals surface area (Å²) >= 11 is 3.03. The molecule has 4 heteroatoms. The molecule has 1 aromatic rings. The van der Waals surface area contributed by atoms with Crippen LogP contribution in [0.2, 0.25) is 0 Å². The molecule has 11 heavy (non-hydrogen) atoms. The molecule has 3 nitrogen and oxygen atoms in total. The molecule has 0 atom stereocenters. The quantitative estimate of drug-likeness (QED) is 0.656. The maximum absolute atomic E-state index is 11.1. The Bertz CT molecular complexity index is 343. The fourth-order valence-corrected chi connectivity index (χ4v) is 1.21. The lowest BCUT2D eigenvalue weighted by molar-refractivity contribution is 0.112. The number of aromatic nitrogens is 1. The molecule has 0 bridgehead atoms. The van der Waals surface area contributed by atoms with Gasteiger partial charge in [0.1, 0.15) is 0 Å². The molecule has 58 valence electrons. The Morgan fingerprint density at radius 2 is 2.27 bits per heavy atom. The van der Waals surface area contributed by atoms with Crippen LogP contribution in [0.1, 0.15) is 10.4 Å². The van der Waals surface area contributed by atoms with E-state index in [0.29, 0.717) is 16.3 Å². The van der Waals surface area contributed by atoms with Gasteiger partial charge in [0.15, 0.2) is 6.29 Å². The van der Waals surface area contributed by atoms with E-state index in [4.69, 9.17) is 0 Å². The van der Waals surface area contributed by atoms with Crippen molar-refractivity contribution in [2.24, 2.45) is 7.05 Å². The zero-order valence-electron chi connectivity index (χ0n) is 5.87. The normalized spacial score (nSPS) is 9.64. The summed E-state index contributed by atoms with van der Waals surface area (Å²) in [6.45, 7) is 0. The highest BCUT2D eigenvalue weighted by Gasteiger charge is 2.02. The van der Waals surface area contributed by atoms with Gasteiger partial charge in [-0.05, 0) is 22.0 Å². The predicted octanol–water partition coefficient (Wildman–Crippen LogP) is 0.960. The van der Waals surface area contributed by atoms with Crippen molar-refractivity contribution < 1.29 is 4.79 Å². The van der Waals surface area contributed by atoms with Crippen molar-refractivity contribution in [2.45, 2.75) is 0 Å². The number of aryl methyl sites for hydroxylation is 1. The first-order valence-electron chi connectivity index (χ1n) is 2.97. The van der Waals surface area contributed by atoms with Crippen LogP contribution in [0.5, 0.6) is 0 Å². The third-order valence-electron chi connectivity index (χ3n) is 1.37. The number of pyridine rings is 1. The zero-order valence-corrected chi connectivity index (χ0v) is 7.46. The molecule has 0 fully saturated rings. The third-order valence-corrected chi connectivity index (χ3v) is 2.16. The van der Waals surface area contributed by atoms with Gasteiger partial charge < -0.3 is 4.57 Å². The average Bonchev–Trinajstić information content (AvgIpc) is 2.01. The van der Waals surface area contributed by atoms with Crippen molar-refractivity contribution >= 4 is 22.2 Å². The van der Waals surface area contributed by atoms with E-state index in [1.807, 2.05) is 0 Å². The number of rotatable bonds is 1. The summed E-state index contributed by atoms with van der Waals surface area (Å²) in [5.74, 6) is 0. The maximum atomic E-state index is 11.1. The fraction of sp³-hybridized carbons (Fsp3) is 0.143. The Balaban J connectivity index is 3.49. The van der Waals surface area contributed by atoms with E-state index in [-0.39, 0.29) is 5.56 Å². The van der Waals surface area contributed by atoms with Crippen LogP contribution >= 0.6 is 15.9 Å². The molecule has 0 aliphatic heterocycles. The van der Waals surface area contributed by atoms with Crippen molar-refractivity contribution in [2.75, 3.05) is 0 Å². The number of nitrogens with zero attached hydrogens (tertiary/aromatic N) is 1. The average molecular weight is 216 g/mol. The van der Waals surface area contributed by atoms with Gasteiger partial charge in [-0.25, -0.2) is 0 Å². The Hall–Kier alpha value is -0.900. The summed E-state index contributed by atoms with van der Waals surface area (Å²) in [5.41, 5.74) is 0.183. The van der Waals surface area contributed by atoms with Gasteiger partial charge >= 0.3 is 0 Å². The van der Waals surface area contributed by atoms with Crippen LogP contribution < -0.4 is 5.56 Å². The van der Waals surface area contributed by atoms with Crippen LogP contribution in [-0.2, 0) is 7.05 Å². The second-order valence-electron chi connectivity index (χ2n) is 2.12. The van der Waals surface area contributed by atoms with E-state index >= 15 is 0 Å². The zero-order chi connectivity index (χ0) is 8.43. The highest BCUT2D eigenvalue weighted by molar-refractivity contribution is 9.10. The van der Waals surface area contributed by atoms with Crippen LogP contribution in [0, 0.1) is 0 Å². The van der Waals surface area contributed by atoms with Gasteiger partial charge in [0.2, 0.25) is 0 Å². The summed E-state index contributed by atoms with van der Waals surface area (Å²) < 4.78 is 1.72. The van der Waals surface area contributed by atoms with Gasteiger partial charge in [-0.3, -0.25) is 9.59 Å². The van der Waals surface area contributed by atoms with Gasteiger partial charge in [-0.2, -0.15) is 0 Å². The maximum Gasteiger partial charge on any atom is 0.265 e. The number of halogens is 1. The number of hydrogen-bond donors (Lipinski definition) is 0. The van der Waals surface area contributed by atoms with Crippen molar-refractivity contribution in [1.29, 1.82) is 0 Å². The third kappa shape index (κ3) is 1.40.